The van der Waals surface area contributed by atoms with E-state index in [0.29, 0.717) is 16.9 Å². The van der Waals surface area contributed by atoms with Crippen molar-refractivity contribution in [2.24, 2.45) is 0 Å². The molecular weight excluding hydrogens is 281 g/mol. The predicted molar refractivity (Wildman–Crippen MR) is 81.8 cm³/mol. The fourth-order valence-corrected chi connectivity index (χ4v) is 2.05. The van der Waals surface area contributed by atoms with Gasteiger partial charge >= 0.3 is 0 Å². The molecule has 0 saturated carbocycles. The quantitative estimate of drug-likeness (QED) is 0.803. The minimum Gasteiger partial charge on any atom is -0.322 e. The van der Waals surface area contributed by atoms with E-state index in [1.807, 2.05) is 30.3 Å². The number of nitrogens with one attached hydrogen (secondary N) is 1. The van der Waals surface area contributed by atoms with Crippen molar-refractivity contribution in [2.75, 3.05) is 5.32 Å². The van der Waals surface area contributed by atoms with Gasteiger partial charge < -0.3 is 5.32 Å². The van der Waals surface area contributed by atoms with Crippen LogP contribution >= 0.6 is 0 Å². The zero-order valence-electron chi connectivity index (χ0n) is 11.5. The number of aromatic nitrogens is 2. The first kappa shape index (κ1) is 13.9. The van der Waals surface area contributed by atoms with Crippen LogP contribution in [0.1, 0.15) is 10.4 Å². The zero-order valence-corrected chi connectivity index (χ0v) is 11.5. The van der Waals surface area contributed by atoms with Crippen LogP contribution in [0.15, 0.2) is 67.1 Å². The first-order valence-corrected chi connectivity index (χ1v) is 6.66. The van der Waals surface area contributed by atoms with Gasteiger partial charge in [-0.25, -0.2) is 14.4 Å². The number of benzene rings is 2. The first-order valence-electron chi connectivity index (χ1n) is 6.66. The molecule has 108 valence electrons. The molecule has 1 N–H and O–H groups in total. The van der Waals surface area contributed by atoms with Crippen molar-refractivity contribution in [1.29, 1.82) is 0 Å². The topological polar surface area (TPSA) is 54.9 Å². The molecule has 1 amide bonds. The molecule has 4 nitrogen and oxygen atoms in total. The molecule has 0 radical (unpaired) electrons. The Morgan fingerprint density at radius 1 is 1.00 bits per heavy atom. The smallest absolute Gasteiger partial charge is 0.259 e. The Kier molecular flexibility index (Phi) is 3.87. The van der Waals surface area contributed by atoms with Crippen molar-refractivity contribution in [1.82, 2.24) is 9.97 Å². The van der Waals surface area contributed by atoms with E-state index in [0.717, 1.165) is 5.56 Å². The lowest BCUT2D eigenvalue weighted by Gasteiger charge is -2.09. The van der Waals surface area contributed by atoms with Gasteiger partial charge in [0.15, 0.2) is 0 Å². The Balaban J connectivity index is 1.91. The number of rotatable bonds is 3. The van der Waals surface area contributed by atoms with Crippen molar-refractivity contribution in [3.05, 3.63) is 78.5 Å². The van der Waals surface area contributed by atoms with Crippen molar-refractivity contribution >= 4 is 11.6 Å². The summed E-state index contributed by atoms with van der Waals surface area (Å²) in [6, 6.07) is 15.0. The van der Waals surface area contributed by atoms with Gasteiger partial charge in [0, 0.05) is 17.4 Å². The van der Waals surface area contributed by atoms with Crippen LogP contribution in [0.25, 0.3) is 11.3 Å². The Hall–Kier alpha value is -3.08. The molecule has 0 atom stereocenters. The number of anilines is 1. The van der Waals surface area contributed by atoms with Crippen molar-refractivity contribution in [3.8, 4) is 11.3 Å². The second kappa shape index (κ2) is 6.13. The number of hydrogen-bond acceptors (Lipinski definition) is 3. The zero-order chi connectivity index (χ0) is 15.4. The Labute approximate surface area is 126 Å². The van der Waals surface area contributed by atoms with Crippen LogP contribution in [0.3, 0.4) is 0 Å². The third-order valence-electron chi connectivity index (χ3n) is 3.11. The highest BCUT2D eigenvalue weighted by Gasteiger charge is 2.14. The predicted octanol–water partition coefficient (Wildman–Crippen LogP) is 3.54. The van der Waals surface area contributed by atoms with Crippen LogP contribution < -0.4 is 5.32 Å². The van der Waals surface area contributed by atoms with E-state index in [4.69, 9.17) is 0 Å². The maximum absolute atomic E-state index is 12.9. The lowest BCUT2D eigenvalue weighted by Crippen LogP contribution is -2.14. The fraction of sp³-hybridized carbons (Fsp3) is 0. The van der Waals surface area contributed by atoms with Gasteiger partial charge in [-0.05, 0) is 24.3 Å². The fourth-order valence-electron chi connectivity index (χ4n) is 2.05. The van der Waals surface area contributed by atoms with Gasteiger partial charge in [0.05, 0.1) is 11.3 Å². The second-order valence-electron chi connectivity index (χ2n) is 4.61. The normalized spacial score (nSPS) is 10.2. The molecule has 22 heavy (non-hydrogen) atoms. The van der Waals surface area contributed by atoms with Crippen molar-refractivity contribution < 1.29 is 9.18 Å². The molecule has 2 aromatic carbocycles. The monoisotopic (exact) mass is 293 g/mol. The molecule has 0 saturated heterocycles. The molecule has 0 aliphatic carbocycles. The Morgan fingerprint density at radius 3 is 2.45 bits per heavy atom. The van der Waals surface area contributed by atoms with Crippen LogP contribution in [0.5, 0.6) is 0 Å². The van der Waals surface area contributed by atoms with Crippen LogP contribution in [0, 0.1) is 5.82 Å². The summed E-state index contributed by atoms with van der Waals surface area (Å²) in [5.74, 6) is -0.697. The summed E-state index contributed by atoms with van der Waals surface area (Å²) in [6.45, 7) is 0. The third kappa shape index (κ3) is 2.98. The minimum absolute atomic E-state index is 0.342. The summed E-state index contributed by atoms with van der Waals surface area (Å²) >= 11 is 0. The summed E-state index contributed by atoms with van der Waals surface area (Å²) < 4.78 is 12.9. The molecule has 0 unspecified atom stereocenters. The summed E-state index contributed by atoms with van der Waals surface area (Å²) in [7, 11) is 0. The molecule has 0 bridgehead atoms. The lowest BCUT2D eigenvalue weighted by molar-refractivity contribution is 0.102. The summed E-state index contributed by atoms with van der Waals surface area (Å²) in [5.41, 5.74) is 2.25. The highest BCUT2D eigenvalue weighted by molar-refractivity contribution is 6.07. The van der Waals surface area contributed by atoms with E-state index < -0.39 is 0 Å². The first-order chi connectivity index (χ1) is 10.7. The van der Waals surface area contributed by atoms with Gasteiger partial charge in [-0.15, -0.1) is 0 Å². The molecule has 0 aliphatic rings. The number of nitrogens with zero attached hydrogens (tertiary/aromatic N) is 2. The molecule has 0 aliphatic heterocycles. The molecule has 5 heteroatoms. The standard InChI is InChI=1S/C17H12FN3O/c18-13-6-8-14(9-7-13)21-17(22)15-10-19-11-20-16(15)12-4-2-1-3-5-12/h1-11H,(H,21,22). The van der Waals surface area contributed by atoms with Gasteiger partial charge in [0.1, 0.15) is 12.1 Å². The Bertz CT molecular complexity index is 789. The maximum Gasteiger partial charge on any atom is 0.259 e. The molecule has 0 fully saturated rings. The minimum atomic E-state index is -0.356. The second-order valence-corrected chi connectivity index (χ2v) is 4.61. The largest absolute Gasteiger partial charge is 0.322 e. The number of halogens is 1. The SMILES string of the molecule is O=C(Nc1ccc(F)cc1)c1cncnc1-c1ccccc1. The van der Waals surface area contributed by atoms with Crippen LogP contribution in [-0.4, -0.2) is 15.9 Å². The number of amides is 1. The van der Waals surface area contributed by atoms with Crippen LogP contribution in [0.4, 0.5) is 10.1 Å². The summed E-state index contributed by atoms with van der Waals surface area (Å²) in [4.78, 5) is 20.5. The van der Waals surface area contributed by atoms with E-state index in [9.17, 15) is 9.18 Å². The van der Waals surface area contributed by atoms with Gasteiger partial charge in [-0.1, -0.05) is 30.3 Å². The number of hydrogen-bond donors (Lipinski definition) is 1. The number of carbonyl (C=O) groups is 1. The highest BCUT2D eigenvalue weighted by Crippen LogP contribution is 2.21. The average Bonchev–Trinajstić information content (AvgIpc) is 2.58. The maximum atomic E-state index is 12.9. The van der Waals surface area contributed by atoms with Gasteiger partial charge in [0.2, 0.25) is 0 Å². The average molecular weight is 293 g/mol. The van der Waals surface area contributed by atoms with Gasteiger partial charge in [0.25, 0.3) is 5.91 Å². The molecule has 3 rings (SSSR count). The van der Waals surface area contributed by atoms with Gasteiger partial charge in [-0.2, -0.15) is 0 Å². The van der Waals surface area contributed by atoms with Crippen molar-refractivity contribution in [2.45, 2.75) is 0 Å². The highest BCUT2D eigenvalue weighted by atomic mass is 19.1. The van der Waals surface area contributed by atoms with Crippen LogP contribution in [-0.2, 0) is 0 Å². The number of carbonyl (C=O) groups excluding carboxylic acids is 1. The molecule has 1 aromatic heterocycles. The molecule has 1 heterocycles. The summed E-state index contributed by atoms with van der Waals surface area (Å²) in [6.07, 6.45) is 2.87. The molecule has 3 aromatic rings. The Morgan fingerprint density at radius 2 is 1.73 bits per heavy atom. The van der Waals surface area contributed by atoms with Crippen molar-refractivity contribution in [3.63, 3.8) is 0 Å². The van der Waals surface area contributed by atoms with Crippen LogP contribution in [0.2, 0.25) is 0 Å². The van der Waals surface area contributed by atoms with E-state index in [1.165, 1.54) is 36.8 Å². The third-order valence-corrected chi connectivity index (χ3v) is 3.11. The van der Waals surface area contributed by atoms with E-state index >= 15 is 0 Å². The van der Waals surface area contributed by atoms with E-state index in [1.54, 1.807) is 0 Å². The molecule has 0 spiro atoms. The van der Waals surface area contributed by atoms with E-state index in [-0.39, 0.29) is 11.7 Å². The van der Waals surface area contributed by atoms with E-state index in [2.05, 4.69) is 15.3 Å². The van der Waals surface area contributed by atoms with Gasteiger partial charge in [-0.3, -0.25) is 4.79 Å². The molecular formula is C17H12FN3O. The lowest BCUT2D eigenvalue weighted by atomic mass is 10.1. The summed E-state index contributed by atoms with van der Waals surface area (Å²) in [5, 5.41) is 2.71.